The van der Waals surface area contributed by atoms with Crippen LogP contribution in [-0.4, -0.2) is 34.3 Å². The van der Waals surface area contributed by atoms with Gasteiger partial charge in [0.1, 0.15) is 11.5 Å². The number of methoxy groups -OCH3 is 2. The Bertz CT molecular complexity index is 844. The van der Waals surface area contributed by atoms with Crippen LogP contribution in [0.15, 0.2) is 47.4 Å². The monoisotopic (exact) mass is 363 g/mol. The molecule has 0 fully saturated rings. The van der Waals surface area contributed by atoms with Gasteiger partial charge in [-0.3, -0.25) is 4.79 Å². The van der Waals surface area contributed by atoms with Gasteiger partial charge < -0.3 is 14.8 Å². The quantitative estimate of drug-likeness (QED) is 0.818. The number of sulfone groups is 1. The molecule has 1 N–H and O–H groups in total. The summed E-state index contributed by atoms with van der Waals surface area (Å²) in [7, 11) is -0.494. The number of hydrogen-bond acceptors (Lipinski definition) is 5. The van der Waals surface area contributed by atoms with Crippen molar-refractivity contribution < 1.29 is 22.7 Å². The first-order chi connectivity index (χ1) is 11.9. The molecule has 0 bridgehead atoms. The number of benzene rings is 2. The molecule has 134 valence electrons. The third kappa shape index (κ3) is 4.96. The van der Waals surface area contributed by atoms with E-state index in [1.54, 1.807) is 42.5 Å². The van der Waals surface area contributed by atoms with Crippen molar-refractivity contribution in [2.45, 2.75) is 18.2 Å². The molecule has 2 aromatic carbocycles. The highest BCUT2D eigenvalue weighted by atomic mass is 32.2. The van der Waals surface area contributed by atoms with Gasteiger partial charge in [0.25, 0.3) is 0 Å². The number of carbonyl (C=O) groups excluding carboxylic acids is 1. The van der Waals surface area contributed by atoms with E-state index < -0.39 is 15.7 Å². The summed E-state index contributed by atoms with van der Waals surface area (Å²) in [6.07, 6.45) is -0.147. The highest BCUT2D eigenvalue weighted by molar-refractivity contribution is 7.91. The van der Waals surface area contributed by atoms with E-state index in [1.165, 1.54) is 14.2 Å². The maximum atomic E-state index is 12.3. The lowest BCUT2D eigenvalue weighted by atomic mass is 10.2. The maximum Gasteiger partial charge on any atom is 0.225 e. The van der Waals surface area contributed by atoms with Gasteiger partial charge >= 0.3 is 0 Å². The lowest BCUT2D eigenvalue weighted by molar-refractivity contribution is -0.115. The highest BCUT2D eigenvalue weighted by Crippen LogP contribution is 2.29. The summed E-state index contributed by atoms with van der Waals surface area (Å²) in [4.78, 5) is 12.3. The van der Waals surface area contributed by atoms with Crippen LogP contribution in [0.3, 0.4) is 0 Å². The van der Waals surface area contributed by atoms with Crippen LogP contribution in [0.25, 0.3) is 0 Å². The minimum absolute atomic E-state index is 0.147. The number of nitrogens with one attached hydrogen (secondary N) is 1. The summed E-state index contributed by atoms with van der Waals surface area (Å²) in [6, 6.07) is 11.5. The average Bonchev–Trinajstić information content (AvgIpc) is 2.61. The van der Waals surface area contributed by atoms with Gasteiger partial charge in [-0.2, -0.15) is 0 Å². The van der Waals surface area contributed by atoms with Crippen molar-refractivity contribution in [1.82, 2.24) is 0 Å². The van der Waals surface area contributed by atoms with Crippen LogP contribution in [0.5, 0.6) is 11.5 Å². The molecule has 0 atom stereocenters. The Kier molecular flexibility index (Phi) is 6.03. The fourth-order valence-corrected chi connectivity index (χ4v) is 3.45. The van der Waals surface area contributed by atoms with Gasteiger partial charge in [0.2, 0.25) is 5.91 Å². The zero-order valence-corrected chi connectivity index (χ0v) is 15.2. The molecule has 6 nitrogen and oxygen atoms in total. The number of hydrogen-bond donors (Lipinski definition) is 1. The summed E-state index contributed by atoms with van der Waals surface area (Å²) in [6.45, 7) is 1.88. The zero-order valence-electron chi connectivity index (χ0n) is 14.4. The molecular weight excluding hydrogens is 342 g/mol. The fraction of sp³-hybridized carbons (Fsp3) is 0.278. The third-order valence-electron chi connectivity index (χ3n) is 3.66. The normalized spacial score (nSPS) is 11.0. The van der Waals surface area contributed by atoms with Crippen molar-refractivity contribution in [2.75, 3.05) is 25.3 Å². The van der Waals surface area contributed by atoms with E-state index in [1.807, 2.05) is 6.92 Å². The molecule has 25 heavy (non-hydrogen) atoms. The second-order valence-corrected chi connectivity index (χ2v) is 7.61. The van der Waals surface area contributed by atoms with Crippen LogP contribution in [0.4, 0.5) is 5.69 Å². The lowest BCUT2D eigenvalue weighted by Crippen LogP contribution is -2.17. The molecule has 2 rings (SSSR count). The summed E-state index contributed by atoms with van der Waals surface area (Å²) >= 11 is 0. The van der Waals surface area contributed by atoms with Gasteiger partial charge in [0, 0.05) is 12.5 Å². The minimum atomic E-state index is -3.50. The van der Waals surface area contributed by atoms with Crippen LogP contribution in [0.2, 0.25) is 0 Å². The molecule has 0 saturated carbocycles. The van der Waals surface area contributed by atoms with Gasteiger partial charge in [-0.15, -0.1) is 0 Å². The van der Waals surface area contributed by atoms with Gasteiger partial charge in [0.15, 0.2) is 9.84 Å². The second kappa shape index (κ2) is 8.02. The predicted octanol–water partition coefficient (Wildman–Crippen LogP) is 2.81. The first-order valence-corrected chi connectivity index (χ1v) is 9.32. The summed E-state index contributed by atoms with van der Waals surface area (Å²) in [5.74, 6) is 0.366. The Hall–Kier alpha value is -2.54. The van der Waals surface area contributed by atoms with Crippen molar-refractivity contribution in [2.24, 2.45) is 0 Å². The van der Waals surface area contributed by atoms with E-state index in [0.717, 1.165) is 5.56 Å². The van der Waals surface area contributed by atoms with Crippen LogP contribution in [0.1, 0.15) is 12.0 Å². The molecule has 0 aliphatic heterocycles. The van der Waals surface area contributed by atoms with Gasteiger partial charge in [-0.1, -0.05) is 17.7 Å². The van der Waals surface area contributed by atoms with E-state index in [-0.39, 0.29) is 17.1 Å². The Morgan fingerprint density at radius 1 is 1.04 bits per heavy atom. The molecule has 0 aliphatic carbocycles. The van der Waals surface area contributed by atoms with Crippen LogP contribution < -0.4 is 14.8 Å². The molecule has 7 heteroatoms. The molecule has 0 unspecified atom stereocenters. The molecule has 0 spiro atoms. The topological polar surface area (TPSA) is 81.7 Å². The van der Waals surface area contributed by atoms with Gasteiger partial charge in [-0.25, -0.2) is 8.42 Å². The van der Waals surface area contributed by atoms with E-state index in [4.69, 9.17) is 9.47 Å². The molecular formula is C18H21NO5S. The van der Waals surface area contributed by atoms with E-state index in [2.05, 4.69) is 5.32 Å². The largest absolute Gasteiger partial charge is 0.497 e. The fourth-order valence-electron chi connectivity index (χ4n) is 2.21. The zero-order chi connectivity index (χ0) is 18.4. The van der Waals surface area contributed by atoms with Crippen molar-refractivity contribution in [3.05, 3.63) is 48.0 Å². The second-order valence-electron chi connectivity index (χ2n) is 5.50. The SMILES string of the molecule is COc1ccc(NC(=O)CCS(=O)(=O)c2ccc(C)cc2)c(OC)c1. The van der Waals surface area contributed by atoms with E-state index in [0.29, 0.717) is 17.2 Å². The highest BCUT2D eigenvalue weighted by Gasteiger charge is 2.17. The van der Waals surface area contributed by atoms with Crippen LogP contribution in [0, 0.1) is 6.92 Å². The van der Waals surface area contributed by atoms with E-state index in [9.17, 15) is 13.2 Å². The van der Waals surface area contributed by atoms with Crippen molar-refractivity contribution in [3.8, 4) is 11.5 Å². The Morgan fingerprint density at radius 3 is 2.32 bits per heavy atom. The molecule has 0 saturated heterocycles. The lowest BCUT2D eigenvalue weighted by Gasteiger charge is -2.11. The third-order valence-corrected chi connectivity index (χ3v) is 5.39. The number of rotatable bonds is 7. The smallest absolute Gasteiger partial charge is 0.225 e. The van der Waals surface area contributed by atoms with E-state index >= 15 is 0 Å². The maximum absolute atomic E-state index is 12.3. The van der Waals surface area contributed by atoms with Crippen molar-refractivity contribution >= 4 is 21.4 Å². The molecule has 0 aromatic heterocycles. The van der Waals surface area contributed by atoms with Crippen molar-refractivity contribution in [3.63, 3.8) is 0 Å². The van der Waals surface area contributed by atoms with Crippen LogP contribution >= 0.6 is 0 Å². The van der Waals surface area contributed by atoms with Crippen LogP contribution in [-0.2, 0) is 14.6 Å². The molecule has 2 aromatic rings. The molecule has 0 aliphatic rings. The number of anilines is 1. The Morgan fingerprint density at radius 2 is 1.72 bits per heavy atom. The average molecular weight is 363 g/mol. The standard InChI is InChI=1S/C18H21NO5S/c1-13-4-7-15(8-5-13)25(21,22)11-10-18(20)19-16-9-6-14(23-2)12-17(16)24-3/h4-9,12H,10-11H2,1-3H3,(H,19,20). The van der Waals surface area contributed by atoms with Crippen molar-refractivity contribution in [1.29, 1.82) is 0 Å². The molecule has 0 heterocycles. The summed E-state index contributed by atoms with van der Waals surface area (Å²) < 4.78 is 34.9. The minimum Gasteiger partial charge on any atom is -0.497 e. The number of ether oxygens (including phenoxy) is 2. The Balaban J connectivity index is 2.02. The number of aryl methyl sites for hydroxylation is 1. The summed E-state index contributed by atoms with van der Waals surface area (Å²) in [5, 5.41) is 2.66. The molecule has 0 radical (unpaired) electrons. The predicted molar refractivity (Wildman–Crippen MR) is 96.0 cm³/mol. The number of carbonyl (C=O) groups is 1. The summed E-state index contributed by atoms with van der Waals surface area (Å²) in [5.41, 5.74) is 1.43. The number of amides is 1. The molecule has 1 amide bonds. The van der Waals surface area contributed by atoms with Gasteiger partial charge in [-0.05, 0) is 31.2 Å². The Labute approximate surface area is 147 Å². The first-order valence-electron chi connectivity index (χ1n) is 7.67. The van der Waals surface area contributed by atoms with Gasteiger partial charge in [0.05, 0.1) is 30.6 Å². The first kappa shape index (κ1) is 18.8.